The van der Waals surface area contributed by atoms with Crippen LogP contribution in [0.3, 0.4) is 0 Å². The van der Waals surface area contributed by atoms with Crippen LogP contribution in [-0.4, -0.2) is 32.4 Å². The summed E-state index contributed by atoms with van der Waals surface area (Å²) in [5.74, 6) is 0.176. The Balaban J connectivity index is 1.91. The summed E-state index contributed by atoms with van der Waals surface area (Å²) < 4.78 is 1.54. The molecule has 3 rings (SSSR count). The second kappa shape index (κ2) is 6.91. The molecule has 0 fully saturated rings. The third-order valence-corrected chi connectivity index (χ3v) is 3.94. The van der Waals surface area contributed by atoms with Gasteiger partial charge in [0, 0.05) is 22.0 Å². The van der Waals surface area contributed by atoms with Crippen LogP contribution in [0.25, 0.3) is 11.3 Å². The number of anilines is 1. The second-order valence-electron chi connectivity index (χ2n) is 4.70. The molecule has 0 saturated heterocycles. The molecular formula is C15H13ClN4O2S. The highest BCUT2D eigenvalue weighted by molar-refractivity contribution is 7.07. The van der Waals surface area contributed by atoms with E-state index in [1.807, 2.05) is 12.1 Å². The van der Waals surface area contributed by atoms with Crippen LogP contribution in [0, 0.1) is 0 Å². The van der Waals surface area contributed by atoms with E-state index in [1.165, 1.54) is 11.3 Å². The van der Waals surface area contributed by atoms with Gasteiger partial charge in [-0.15, -0.1) is 11.3 Å². The number of hydrogen-bond acceptors (Lipinski definition) is 5. The molecule has 0 atom stereocenters. The van der Waals surface area contributed by atoms with Gasteiger partial charge in [-0.05, 0) is 12.1 Å². The first kappa shape index (κ1) is 15.7. The van der Waals surface area contributed by atoms with Crippen molar-refractivity contribution in [1.82, 2.24) is 14.8 Å². The van der Waals surface area contributed by atoms with Gasteiger partial charge in [-0.25, -0.2) is 9.67 Å². The van der Waals surface area contributed by atoms with Crippen LogP contribution < -0.4 is 5.32 Å². The van der Waals surface area contributed by atoms with Gasteiger partial charge in [0.1, 0.15) is 11.5 Å². The zero-order chi connectivity index (χ0) is 16.2. The Morgan fingerprint density at radius 1 is 1.39 bits per heavy atom. The van der Waals surface area contributed by atoms with Gasteiger partial charge in [0.2, 0.25) is 0 Å². The number of aliphatic hydroxyl groups excluding tert-OH is 1. The van der Waals surface area contributed by atoms with Crippen molar-refractivity contribution in [3.8, 4) is 11.3 Å². The minimum atomic E-state index is -0.317. The van der Waals surface area contributed by atoms with Crippen molar-refractivity contribution in [2.24, 2.45) is 0 Å². The maximum Gasteiger partial charge on any atom is 0.276 e. The first-order chi connectivity index (χ1) is 11.2. The molecule has 2 heterocycles. The Hall–Kier alpha value is -2.22. The van der Waals surface area contributed by atoms with Crippen LogP contribution in [0.4, 0.5) is 5.82 Å². The van der Waals surface area contributed by atoms with Gasteiger partial charge in [-0.3, -0.25) is 4.79 Å². The number of nitrogens with zero attached hydrogens (tertiary/aromatic N) is 3. The Kier molecular flexibility index (Phi) is 4.71. The third-order valence-electron chi connectivity index (χ3n) is 3.12. The molecule has 6 nitrogen and oxygen atoms in total. The highest BCUT2D eigenvalue weighted by atomic mass is 35.5. The summed E-state index contributed by atoms with van der Waals surface area (Å²) >= 11 is 7.35. The summed E-state index contributed by atoms with van der Waals surface area (Å²) in [4.78, 5) is 16.1. The number of nitrogens with one attached hydrogen (secondary N) is 1. The summed E-state index contributed by atoms with van der Waals surface area (Å²) in [6, 6.07) is 9.02. The number of amides is 1. The van der Waals surface area contributed by atoms with E-state index in [4.69, 9.17) is 11.6 Å². The highest BCUT2D eigenvalue weighted by Gasteiger charge is 2.14. The first-order valence-corrected chi connectivity index (χ1v) is 8.13. The molecule has 1 aromatic carbocycles. The number of carbonyl (C=O) groups is 1. The lowest BCUT2D eigenvalue weighted by Gasteiger charge is -2.05. The maximum atomic E-state index is 12.1. The number of aliphatic hydroxyl groups is 1. The predicted molar refractivity (Wildman–Crippen MR) is 89.8 cm³/mol. The van der Waals surface area contributed by atoms with E-state index in [1.54, 1.807) is 33.8 Å². The molecule has 0 aliphatic rings. The van der Waals surface area contributed by atoms with Gasteiger partial charge < -0.3 is 10.4 Å². The zero-order valence-electron chi connectivity index (χ0n) is 11.9. The van der Waals surface area contributed by atoms with Gasteiger partial charge in [0.05, 0.1) is 24.4 Å². The molecule has 0 aliphatic heterocycles. The minimum absolute atomic E-state index is 0.0871. The molecule has 23 heavy (non-hydrogen) atoms. The van der Waals surface area contributed by atoms with Gasteiger partial charge >= 0.3 is 0 Å². The number of aromatic nitrogens is 3. The first-order valence-electron chi connectivity index (χ1n) is 6.81. The molecule has 0 bridgehead atoms. The molecule has 2 aromatic heterocycles. The number of rotatable bonds is 5. The van der Waals surface area contributed by atoms with Crippen molar-refractivity contribution in [3.63, 3.8) is 0 Å². The summed E-state index contributed by atoms with van der Waals surface area (Å²) in [7, 11) is 0. The number of carbonyl (C=O) groups excluding carboxylic acids is 1. The molecule has 0 radical (unpaired) electrons. The predicted octanol–water partition coefficient (Wildman–Crippen LogP) is 2.90. The number of benzene rings is 1. The van der Waals surface area contributed by atoms with Crippen LogP contribution >= 0.6 is 22.9 Å². The Morgan fingerprint density at radius 2 is 2.26 bits per heavy atom. The Bertz CT molecular complexity index is 817. The maximum absolute atomic E-state index is 12.1. The van der Waals surface area contributed by atoms with E-state index in [0.717, 1.165) is 5.56 Å². The number of halogens is 1. The van der Waals surface area contributed by atoms with Crippen LogP contribution in [-0.2, 0) is 6.54 Å². The fourth-order valence-electron chi connectivity index (χ4n) is 2.08. The molecule has 0 unspecified atom stereocenters. The van der Waals surface area contributed by atoms with Crippen LogP contribution in [0.5, 0.6) is 0 Å². The average molecular weight is 349 g/mol. The van der Waals surface area contributed by atoms with Crippen molar-refractivity contribution < 1.29 is 9.90 Å². The topological polar surface area (TPSA) is 80.0 Å². The second-order valence-corrected chi connectivity index (χ2v) is 5.85. The van der Waals surface area contributed by atoms with Gasteiger partial charge in [-0.1, -0.05) is 23.7 Å². The van der Waals surface area contributed by atoms with Crippen molar-refractivity contribution in [3.05, 3.63) is 51.9 Å². The quantitative estimate of drug-likeness (QED) is 0.743. The van der Waals surface area contributed by atoms with Gasteiger partial charge in [0.15, 0.2) is 0 Å². The summed E-state index contributed by atoms with van der Waals surface area (Å²) in [5.41, 5.74) is 3.43. The van der Waals surface area contributed by atoms with Gasteiger partial charge in [-0.2, -0.15) is 5.10 Å². The molecule has 2 N–H and O–H groups in total. The van der Waals surface area contributed by atoms with E-state index in [-0.39, 0.29) is 19.1 Å². The van der Waals surface area contributed by atoms with E-state index in [9.17, 15) is 9.90 Å². The third kappa shape index (κ3) is 3.58. The average Bonchev–Trinajstić information content (AvgIpc) is 3.18. The van der Waals surface area contributed by atoms with E-state index in [2.05, 4.69) is 15.4 Å². The molecule has 3 aromatic rings. The standard InChI is InChI=1S/C15H13ClN4O2S/c16-11-3-1-2-10(6-11)12-7-14(20(19-12)4-5-21)18-15(22)13-8-23-9-17-13/h1-3,6-9,21H,4-5H2,(H,18,22). The Labute approximate surface area is 141 Å². The van der Waals surface area contributed by atoms with Gasteiger partial charge in [0.25, 0.3) is 5.91 Å². The highest BCUT2D eigenvalue weighted by Crippen LogP contribution is 2.24. The minimum Gasteiger partial charge on any atom is -0.394 e. The Morgan fingerprint density at radius 3 is 2.96 bits per heavy atom. The molecule has 1 amide bonds. The molecule has 118 valence electrons. The van der Waals surface area contributed by atoms with E-state index in [0.29, 0.717) is 22.2 Å². The van der Waals surface area contributed by atoms with E-state index < -0.39 is 0 Å². The van der Waals surface area contributed by atoms with Crippen LogP contribution in [0.1, 0.15) is 10.5 Å². The number of thiazole rings is 1. The smallest absolute Gasteiger partial charge is 0.276 e. The molecule has 0 aliphatic carbocycles. The molecule has 0 saturated carbocycles. The van der Waals surface area contributed by atoms with Crippen molar-refractivity contribution in [1.29, 1.82) is 0 Å². The number of hydrogen-bond donors (Lipinski definition) is 2. The summed E-state index contributed by atoms with van der Waals surface area (Å²) in [6.07, 6.45) is 0. The van der Waals surface area contributed by atoms with Crippen molar-refractivity contribution >= 4 is 34.7 Å². The summed E-state index contributed by atoms with van der Waals surface area (Å²) in [5, 5.41) is 18.6. The lowest BCUT2D eigenvalue weighted by atomic mass is 10.1. The van der Waals surface area contributed by atoms with Crippen molar-refractivity contribution in [2.45, 2.75) is 6.54 Å². The summed E-state index contributed by atoms with van der Waals surface area (Å²) in [6.45, 7) is 0.184. The fraction of sp³-hybridized carbons (Fsp3) is 0.133. The van der Waals surface area contributed by atoms with Crippen LogP contribution in [0.15, 0.2) is 41.2 Å². The zero-order valence-corrected chi connectivity index (χ0v) is 13.5. The SMILES string of the molecule is O=C(Nc1cc(-c2cccc(Cl)c2)nn1CCO)c1cscn1. The molecule has 0 spiro atoms. The lowest BCUT2D eigenvalue weighted by Crippen LogP contribution is -2.16. The largest absolute Gasteiger partial charge is 0.394 e. The molecule has 8 heteroatoms. The van der Waals surface area contributed by atoms with Crippen LogP contribution in [0.2, 0.25) is 5.02 Å². The monoisotopic (exact) mass is 348 g/mol. The normalized spacial score (nSPS) is 10.7. The van der Waals surface area contributed by atoms with Crippen molar-refractivity contribution in [2.75, 3.05) is 11.9 Å². The lowest BCUT2D eigenvalue weighted by molar-refractivity contribution is 0.102. The van der Waals surface area contributed by atoms with E-state index >= 15 is 0 Å². The fourth-order valence-corrected chi connectivity index (χ4v) is 2.80. The molecular weight excluding hydrogens is 336 g/mol.